The predicted molar refractivity (Wildman–Crippen MR) is 113 cm³/mol. The Bertz CT molecular complexity index is 1040. The van der Waals surface area contributed by atoms with Gasteiger partial charge < -0.3 is 15.4 Å². The summed E-state index contributed by atoms with van der Waals surface area (Å²) in [4.78, 5) is 10.9. The lowest BCUT2D eigenvalue weighted by Gasteiger charge is -2.32. The van der Waals surface area contributed by atoms with E-state index in [1.54, 1.807) is 19.5 Å². The van der Waals surface area contributed by atoms with Crippen LogP contribution in [0.1, 0.15) is 12.5 Å². The fourth-order valence-electron chi connectivity index (χ4n) is 3.50. The summed E-state index contributed by atoms with van der Waals surface area (Å²) < 4.78 is 7.58. The van der Waals surface area contributed by atoms with E-state index < -0.39 is 0 Å². The topological polar surface area (TPSA) is 81.6 Å². The summed E-state index contributed by atoms with van der Waals surface area (Å²) in [6, 6.07) is 10.2. The highest BCUT2D eigenvalue weighted by molar-refractivity contribution is 6.10. The first kappa shape index (κ1) is 18.2. The minimum absolute atomic E-state index is 0.203. The smallest absolute Gasteiger partial charge is 0.130 e. The van der Waals surface area contributed by atoms with E-state index in [0.717, 1.165) is 46.6 Å². The van der Waals surface area contributed by atoms with E-state index in [1.165, 1.54) is 0 Å². The van der Waals surface area contributed by atoms with Gasteiger partial charge in [0.1, 0.15) is 5.82 Å². The van der Waals surface area contributed by atoms with Crippen LogP contribution < -0.4 is 10.6 Å². The van der Waals surface area contributed by atoms with Gasteiger partial charge in [0.2, 0.25) is 0 Å². The SMILES string of the molecule is CN=C/C(=C\N)c1ccc2cnn(-c3ccnc(N4CCO[C@H](C)C4)c3)c2c1. The predicted octanol–water partition coefficient (Wildman–Crippen LogP) is 2.65. The van der Waals surface area contributed by atoms with Gasteiger partial charge in [-0.25, -0.2) is 9.67 Å². The number of aromatic nitrogens is 3. The van der Waals surface area contributed by atoms with E-state index in [0.29, 0.717) is 6.61 Å². The van der Waals surface area contributed by atoms with Crippen molar-refractivity contribution in [1.82, 2.24) is 14.8 Å². The van der Waals surface area contributed by atoms with E-state index in [1.807, 2.05) is 35.3 Å². The lowest BCUT2D eigenvalue weighted by Crippen LogP contribution is -2.41. The zero-order chi connectivity index (χ0) is 19.5. The van der Waals surface area contributed by atoms with E-state index in [4.69, 9.17) is 10.5 Å². The van der Waals surface area contributed by atoms with Crippen LogP contribution in [0.2, 0.25) is 0 Å². The molecule has 1 saturated heterocycles. The van der Waals surface area contributed by atoms with Crippen molar-refractivity contribution < 1.29 is 4.74 Å². The monoisotopic (exact) mass is 376 g/mol. The molecule has 0 radical (unpaired) electrons. The molecular formula is C21H24N6O. The molecule has 0 aliphatic carbocycles. The number of benzene rings is 1. The molecule has 0 unspecified atom stereocenters. The van der Waals surface area contributed by atoms with Crippen molar-refractivity contribution in [2.45, 2.75) is 13.0 Å². The average Bonchev–Trinajstić information content (AvgIpc) is 3.15. The molecular weight excluding hydrogens is 352 g/mol. The fraction of sp³-hybridized carbons (Fsp3) is 0.286. The van der Waals surface area contributed by atoms with Crippen molar-refractivity contribution in [3.05, 3.63) is 54.5 Å². The number of pyridine rings is 1. The summed E-state index contributed by atoms with van der Waals surface area (Å²) in [6.45, 7) is 4.47. The van der Waals surface area contributed by atoms with Crippen molar-refractivity contribution in [3.8, 4) is 5.69 Å². The van der Waals surface area contributed by atoms with E-state index in [-0.39, 0.29) is 6.10 Å². The van der Waals surface area contributed by atoms with Gasteiger partial charge in [0.15, 0.2) is 0 Å². The molecule has 7 nitrogen and oxygen atoms in total. The Kier molecular flexibility index (Phi) is 5.08. The highest BCUT2D eigenvalue weighted by Gasteiger charge is 2.18. The number of ether oxygens (including phenoxy) is 1. The molecule has 2 N–H and O–H groups in total. The number of fused-ring (bicyclic) bond motifs is 1. The van der Waals surface area contributed by atoms with Crippen LogP contribution in [0.25, 0.3) is 22.2 Å². The molecule has 0 saturated carbocycles. The molecule has 28 heavy (non-hydrogen) atoms. The third-order valence-electron chi connectivity index (χ3n) is 4.89. The molecule has 2 aromatic heterocycles. The molecule has 3 aromatic rings. The lowest BCUT2D eigenvalue weighted by molar-refractivity contribution is 0.0529. The molecule has 0 bridgehead atoms. The average molecular weight is 376 g/mol. The molecule has 1 fully saturated rings. The Balaban J connectivity index is 1.74. The number of nitrogens with zero attached hydrogens (tertiary/aromatic N) is 5. The molecule has 0 spiro atoms. The maximum Gasteiger partial charge on any atom is 0.130 e. The number of rotatable bonds is 4. The first-order valence-corrected chi connectivity index (χ1v) is 9.35. The zero-order valence-electron chi connectivity index (χ0n) is 16.1. The number of morpholine rings is 1. The first-order valence-electron chi connectivity index (χ1n) is 9.35. The highest BCUT2D eigenvalue weighted by Crippen LogP contribution is 2.24. The van der Waals surface area contributed by atoms with Gasteiger partial charge in [-0.15, -0.1) is 0 Å². The van der Waals surface area contributed by atoms with Crippen LogP contribution in [0.3, 0.4) is 0 Å². The van der Waals surface area contributed by atoms with Crippen LogP contribution in [-0.4, -0.2) is 53.8 Å². The van der Waals surface area contributed by atoms with Gasteiger partial charge in [0.25, 0.3) is 0 Å². The Morgan fingerprint density at radius 2 is 2.21 bits per heavy atom. The van der Waals surface area contributed by atoms with Crippen molar-refractivity contribution in [2.24, 2.45) is 10.7 Å². The van der Waals surface area contributed by atoms with Crippen molar-refractivity contribution in [1.29, 1.82) is 0 Å². The Labute approximate surface area is 164 Å². The quantitative estimate of drug-likeness (QED) is 0.708. The van der Waals surface area contributed by atoms with Crippen LogP contribution in [0.4, 0.5) is 5.82 Å². The summed E-state index contributed by atoms with van der Waals surface area (Å²) in [5.74, 6) is 0.938. The molecule has 1 aliphatic heterocycles. The molecule has 4 rings (SSSR count). The second kappa shape index (κ2) is 7.82. The van der Waals surface area contributed by atoms with Crippen molar-refractivity contribution in [2.75, 3.05) is 31.6 Å². The van der Waals surface area contributed by atoms with Gasteiger partial charge in [0, 0.05) is 55.8 Å². The van der Waals surface area contributed by atoms with Crippen LogP contribution in [0.5, 0.6) is 0 Å². The largest absolute Gasteiger partial charge is 0.404 e. The Morgan fingerprint density at radius 1 is 1.32 bits per heavy atom. The number of allylic oxidation sites excluding steroid dienone is 1. The number of anilines is 1. The second-order valence-corrected chi connectivity index (χ2v) is 6.84. The summed E-state index contributed by atoms with van der Waals surface area (Å²) in [7, 11) is 1.73. The summed E-state index contributed by atoms with van der Waals surface area (Å²) in [5.41, 5.74) is 9.62. The van der Waals surface area contributed by atoms with Crippen molar-refractivity contribution in [3.63, 3.8) is 0 Å². The van der Waals surface area contributed by atoms with E-state index >= 15 is 0 Å². The zero-order valence-corrected chi connectivity index (χ0v) is 16.1. The number of hydrogen-bond acceptors (Lipinski definition) is 6. The number of aliphatic imine (C=N–C) groups is 1. The van der Waals surface area contributed by atoms with Gasteiger partial charge in [-0.2, -0.15) is 5.10 Å². The normalized spacial score (nSPS) is 18.3. The molecule has 0 amide bonds. The standard InChI is InChI=1S/C21H24N6O/c1-15-14-26(7-8-28-15)21-10-19(5-6-24-21)27-20-9-16(18(11-22)12-23-2)3-4-17(20)13-25-27/h3-6,9-13,15H,7-8,14,22H2,1-2H3/b18-11+,23-12?/t15-/m1/s1. The molecule has 1 atom stereocenters. The van der Waals surface area contributed by atoms with E-state index in [2.05, 4.69) is 39.0 Å². The molecule has 1 aromatic carbocycles. The maximum atomic E-state index is 5.77. The minimum atomic E-state index is 0.203. The number of nitrogens with two attached hydrogens (primary N) is 1. The van der Waals surface area contributed by atoms with Crippen LogP contribution in [0.15, 0.2) is 53.9 Å². The van der Waals surface area contributed by atoms with Gasteiger partial charge in [-0.05, 0) is 24.6 Å². The fourth-order valence-corrected chi connectivity index (χ4v) is 3.50. The van der Waals surface area contributed by atoms with Crippen molar-refractivity contribution >= 4 is 28.5 Å². The van der Waals surface area contributed by atoms with Crippen LogP contribution >= 0.6 is 0 Å². The van der Waals surface area contributed by atoms with E-state index in [9.17, 15) is 0 Å². The maximum absolute atomic E-state index is 5.77. The first-order chi connectivity index (χ1) is 13.7. The third kappa shape index (κ3) is 3.48. The van der Waals surface area contributed by atoms with Gasteiger partial charge in [-0.1, -0.05) is 12.1 Å². The minimum Gasteiger partial charge on any atom is -0.404 e. The summed E-state index contributed by atoms with van der Waals surface area (Å²) in [5, 5.41) is 5.66. The number of hydrogen-bond donors (Lipinski definition) is 1. The Hall–Kier alpha value is -3.19. The summed E-state index contributed by atoms with van der Waals surface area (Å²) in [6.07, 6.45) is 7.23. The highest BCUT2D eigenvalue weighted by atomic mass is 16.5. The second-order valence-electron chi connectivity index (χ2n) is 6.84. The lowest BCUT2D eigenvalue weighted by atomic mass is 10.1. The van der Waals surface area contributed by atoms with Gasteiger partial charge >= 0.3 is 0 Å². The molecule has 7 heteroatoms. The van der Waals surface area contributed by atoms with Gasteiger partial charge in [-0.3, -0.25) is 4.99 Å². The van der Waals surface area contributed by atoms with Crippen LogP contribution in [0, 0.1) is 0 Å². The summed E-state index contributed by atoms with van der Waals surface area (Å²) >= 11 is 0. The third-order valence-corrected chi connectivity index (χ3v) is 4.89. The molecule has 3 heterocycles. The van der Waals surface area contributed by atoms with Gasteiger partial charge in [0.05, 0.1) is 30.1 Å². The Morgan fingerprint density at radius 3 is 3.00 bits per heavy atom. The van der Waals surface area contributed by atoms with Crippen LogP contribution in [-0.2, 0) is 4.74 Å². The molecule has 1 aliphatic rings. The molecule has 144 valence electrons.